The van der Waals surface area contributed by atoms with E-state index in [2.05, 4.69) is 81.0 Å². The number of hydrogen-bond donors (Lipinski definition) is 3. The molecule has 1 aromatic carbocycles. The van der Waals surface area contributed by atoms with Crippen LogP contribution in [0.25, 0.3) is 11.0 Å². The Hall–Kier alpha value is -3.64. The van der Waals surface area contributed by atoms with Crippen LogP contribution in [0.15, 0.2) is 42.7 Å². The van der Waals surface area contributed by atoms with Gasteiger partial charge in [0.2, 0.25) is 5.91 Å². The number of nitrogens with one attached hydrogen (secondary N) is 2. The lowest BCUT2D eigenvalue weighted by Crippen LogP contribution is -2.50. The summed E-state index contributed by atoms with van der Waals surface area (Å²) >= 11 is 0. The molecule has 0 aliphatic heterocycles. The summed E-state index contributed by atoms with van der Waals surface area (Å²) in [6.45, 7) is 19.4. The summed E-state index contributed by atoms with van der Waals surface area (Å²) in [6, 6.07) is 9.46. The molecule has 12 heteroatoms. The summed E-state index contributed by atoms with van der Waals surface area (Å²) < 4.78 is 20.8. The SMILES string of the molecule is CC(C)(C)[Si](C)(C)OCC#Cc1cn(COCC[Si](C)(C)C)c2nccc(Oc3ccc(CC(NC(=O)O)C(=O)NC4CCCCC4)cc3)c12. The molecule has 1 unspecified atom stereocenters. The average Bonchev–Trinajstić information content (AvgIpc) is 3.39. The van der Waals surface area contributed by atoms with Gasteiger partial charge >= 0.3 is 6.09 Å². The van der Waals surface area contributed by atoms with E-state index in [9.17, 15) is 14.7 Å². The molecule has 1 saturated carbocycles. The fraction of sp³-hybridized carbons (Fsp3) is 0.553. The minimum absolute atomic E-state index is 0.0907. The number of amides is 2. The van der Waals surface area contributed by atoms with Gasteiger partial charge in [-0.3, -0.25) is 4.79 Å². The standard InChI is InChI=1S/C38H56N4O6Si2/c1-38(2,3)50(7,8)47-22-12-13-29-26-42(27-46-23-24-49(4,5)6)35-34(29)33(20-21-39-35)48-31-18-16-28(17-19-31)25-32(41-37(44)45)36(43)40-30-14-10-9-11-15-30/h16-21,26,30,32,41H,9-11,14-15,22-25,27H2,1-8H3,(H,40,43)(H,44,45). The summed E-state index contributed by atoms with van der Waals surface area (Å²) in [4.78, 5) is 29.3. The van der Waals surface area contributed by atoms with E-state index in [0.29, 0.717) is 37.1 Å². The molecule has 1 aliphatic rings. The Balaban J connectivity index is 1.54. The van der Waals surface area contributed by atoms with Crippen LogP contribution in [0.5, 0.6) is 11.5 Å². The maximum atomic E-state index is 13.0. The Morgan fingerprint density at radius 3 is 2.40 bits per heavy atom. The molecule has 2 amide bonds. The Labute approximate surface area is 299 Å². The molecule has 2 heterocycles. The number of nitrogens with zero attached hydrogens (tertiary/aromatic N) is 2. The number of fused-ring (bicyclic) bond motifs is 1. The van der Waals surface area contributed by atoms with Gasteiger partial charge in [0.25, 0.3) is 0 Å². The van der Waals surface area contributed by atoms with Gasteiger partial charge in [-0.25, -0.2) is 9.78 Å². The third-order valence-corrected chi connectivity index (χ3v) is 15.8. The molecule has 3 N–H and O–H groups in total. The second-order valence-corrected chi connectivity index (χ2v) is 26.4. The minimum Gasteiger partial charge on any atom is -0.465 e. The van der Waals surface area contributed by atoms with Crippen LogP contribution in [0.4, 0.5) is 4.79 Å². The number of ether oxygens (including phenoxy) is 2. The fourth-order valence-corrected chi connectivity index (χ4v) is 7.16. The Kier molecular flexibility index (Phi) is 13.4. The third-order valence-electron chi connectivity index (χ3n) is 9.64. The van der Waals surface area contributed by atoms with Gasteiger partial charge in [0.15, 0.2) is 8.32 Å². The molecule has 10 nitrogen and oxygen atoms in total. The maximum absolute atomic E-state index is 13.0. The molecule has 2 aromatic heterocycles. The predicted molar refractivity (Wildman–Crippen MR) is 204 cm³/mol. The lowest BCUT2D eigenvalue weighted by atomic mass is 9.95. The summed E-state index contributed by atoms with van der Waals surface area (Å²) in [5.41, 5.74) is 2.30. The minimum atomic E-state index is -1.95. The molecule has 1 aliphatic carbocycles. The predicted octanol–water partition coefficient (Wildman–Crippen LogP) is 8.14. The number of hydrogen-bond acceptors (Lipinski definition) is 6. The summed E-state index contributed by atoms with van der Waals surface area (Å²) in [5.74, 6) is 7.47. The molecule has 1 atom stereocenters. The molecule has 4 rings (SSSR count). The van der Waals surface area contributed by atoms with Gasteiger partial charge in [-0.1, -0.05) is 83.6 Å². The molecule has 1 fully saturated rings. The second kappa shape index (κ2) is 17.0. The van der Waals surface area contributed by atoms with Crippen LogP contribution in [-0.4, -0.2) is 68.3 Å². The molecule has 50 heavy (non-hydrogen) atoms. The smallest absolute Gasteiger partial charge is 0.405 e. The van der Waals surface area contributed by atoms with Gasteiger partial charge in [0, 0.05) is 39.5 Å². The van der Waals surface area contributed by atoms with E-state index in [1.807, 2.05) is 41.1 Å². The molecular formula is C38H56N4O6Si2. The lowest BCUT2D eigenvalue weighted by Gasteiger charge is -2.35. The molecule has 3 aromatic rings. The number of carbonyl (C=O) groups excluding carboxylic acids is 1. The monoisotopic (exact) mass is 720 g/mol. The van der Waals surface area contributed by atoms with Crippen molar-refractivity contribution in [3.05, 3.63) is 53.9 Å². The topological polar surface area (TPSA) is 124 Å². The normalized spacial score (nSPS) is 14.9. The summed E-state index contributed by atoms with van der Waals surface area (Å²) in [6.07, 6.45) is 7.85. The zero-order chi connectivity index (χ0) is 36.5. The fourth-order valence-electron chi connectivity index (χ4n) is 5.53. The lowest BCUT2D eigenvalue weighted by molar-refractivity contribution is -0.123. The summed E-state index contributed by atoms with van der Waals surface area (Å²) in [5, 5.41) is 15.7. The van der Waals surface area contributed by atoms with Crippen LogP contribution in [0.2, 0.25) is 43.8 Å². The highest BCUT2D eigenvalue weighted by Gasteiger charge is 2.36. The zero-order valence-electron chi connectivity index (χ0n) is 31.2. The molecule has 0 radical (unpaired) electrons. The van der Waals surface area contributed by atoms with Gasteiger partial charge < -0.3 is 34.2 Å². The number of carbonyl (C=O) groups is 2. The first-order valence-corrected chi connectivity index (χ1v) is 24.4. The van der Waals surface area contributed by atoms with Crippen LogP contribution in [0.1, 0.15) is 64.0 Å². The quantitative estimate of drug-likeness (QED) is 0.0873. The maximum Gasteiger partial charge on any atom is 0.405 e. The van der Waals surface area contributed by atoms with Crippen LogP contribution in [0.3, 0.4) is 0 Å². The van der Waals surface area contributed by atoms with Crippen molar-refractivity contribution in [2.45, 2.75) is 122 Å². The molecule has 0 saturated heterocycles. The number of aromatic nitrogens is 2. The van der Waals surface area contributed by atoms with Crippen molar-refractivity contribution in [2.75, 3.05) is 13.2 Å². The number of rotatable bonds is 14. The van der Waals surface area contributed by atoms with E-state index in [4.69, 9.17) is 13.9 Å². The van der Waals surface area contributed by atoms with Gasteiger partial charge in [0.1, 0.15) is 29.9 Å². The highest BCUT2D eigenvalue weighted by atomic mass is 28.4. The van der Waals surface area contributed by atoms with Crippen molar-refractivity contribution in [1.82, 2.24) is 20.2 Å². The largest absolute Gasteiger partial charge is 0.465 e. The average molecular weight is 721 g/mol. The number of benzene rings is 1. The first-order chi connectivity index (χ1) is 23.5. The van der Waals surface area contributed by atoms with Crippen LogP contribution < -0.4 is 15.4 Å². The van der Waals surface area contributed by atoms with E-state index < -0.39 is 28.5 Å². The van der Waals surface area contributed by atoms with Crippen molar-refractivity contribution in [3.63, 3.8) is 0 Å². The summed E-state index contributed by atoms with van der Waals surface area (Å²) in [7, 11) is -3.18. The van der Waals surface area contributed by atoms with E-state index in [0.717, 1.165) is 48.2 Å². The highest BCUT2D eigenvalue weighted by molar-refractivity contribution is 6.76. The van der Waals surface area contributed by atoms with Crippen molar-refractivity contribution in [3.8, 4) is 23.3 Å². The Morgan fingerprint density at radius 1 is 1.06 bits per heavy atom. The molecule has 0 spiro atoms. The van der Waals surface area contributed by atoms with Gasteiger partial charge in [0.05, 0.1) is 17.6 Å². The van der Waals surface area contributed by atoms with Gasteiger partial charge in [-0.2, -0.15) is 0 Å². The first kappa shape index (κ1) is 39.2. The Bertz CT molecular complexity index is 1660. The molecular weight excluding hydrogens is 665 g/mol. The van der Waals surface area contributed by atoms with Crippen molar-refractivity contribution < 1.29 is 28.6 Å². The second-order valence-electron chi connectivity index (χ2n) is 16.0. The molecule has 272 valence electrons. The van der Waals surface area contributed by atoms with E-state index in [-0.39, 0.29) is 23.4 Å². The van der Waals surface area contributed by atoms with Crippen molar-refractivity contribution in [2.24, 2.45) is 0 Å². The van der Waals surface area contributed by atoms with E-state index >= 15 is 0 Å². The van der Waals surface area contributed by atoms with E-state index in [1.54, 1.807) is 6.20 Å². The Morgan fingerprint density at radius 2 is 1.76 bits per heavy atom. The zero-order valence-corrected chi connectivity index (χ0v) is 33.2. The molecule has 0 bridgehead atoms. The van der Waals surface area contributed by atoms with Crippen molar-refractivity contribution >= 4 is 39.4 Å². The third kappa shape index (κ3) is 11.4. The number of carboxylic acid groups (broad SMARTS) is 1. The highest BCUT2D eigenvalue weighted by Crippen LogP contribution is 2.36. The van der Waals surface area contributed by atoms with Gasteiger partial charge in [-0.05, 0) is 60.8 Å². The number of pyridine rings is 1. The first-order valence-electron chi connectivity index (χ1n) is 17.8. The van der Waals surface area contributed by atoms with Crippen LogP contribution in [0, 0.1) is 11.8 Å². The van der Waals surface area contributed by atoms with E-state index in [1.165, 1.54) is 6.42 Å². The van der Waals surface area contributed by atoms with Crippen molar-refractivity contribution in [1.29, 1.82) is 0 Å². The van der Waals surface area contributed by atoms with Crippen LogP contribution in [-0.2, 0) is 27.1 Å². The van der Waals surface area contributed by atoms with Crippen LogP contribution >= 0.6 is 0 Å². The van der Waals surface area contributed by atoms with Gasteiger partial charge in [-0.15, -0.1) is 0 Å².